The highest BCUT2D eigenvalue weighted by atomic mass is 16.5. The number of amides is 2. The molecular weight excluding hydrogens is 420 g/mol. The monoisotopic (exact) mass is 450 g/mol. The van der Waals surface area contributed by atoms with Gasteiger partial charge in [-0.3, -0.25) is 9.59 Å². The molecule has 33 heavy (non-hydrogen) atoms. The SMILES string of the molecule is O=C(O)CNC(=O)C(CC1CCCCC1)NC(=O)OCC1c2ccccc2-c2ccccc21. The van der Waals surface area contributed by atoms with Crippen LogP contribution in [0, 0.1) is 5.92 Å². The van der Waals surface area contributed by atoms with Gasteiger partial charge in [0.25, 0.3) is 0 Å². The zero-order valence-electron chi connectivity index (χ0n) is 18.6. The van der Waals surface area contributed by atoms with Gasteiger partial charge < -0.3 is 20.5 Å². The molecule has 1 saturated carbocycles. The van der Waals surface area contributed by atoms with Crippen LogP contribution in [0.1, 0.15) is 55.6 Å². The van der Waals surface area contributed by atoms with Crippen LogP contribution >= 0.6 is 0 Å². The number of ether oxygens (including phenoxy) is 1. The van der Waals surface area contributed by atoms with Gasteiger partial charge >= 0.3 is 12.1 Å². The van der Waals surface area contributed by atoms with Crippen molar-refractivity contribution in [1.29, 1.82) is 0 Å². The number of carbonyl (C=O) groups is 3. The number of benzene rings is 2. The number of hydrogen-bond donors (Lipinski definition) is 3. The molecule has 0 saturated heterocycles. The van der Waals surface area contributed by atoms with Crippen molar-refractivity contribution in [1.82, 2.24) is 10.6 Å². The predicted octanol–water partition coefficient (Wildman–Crippen LogP) is 4.06. The fourth-order valence-electron chi connectivity index (χ4n) is 5.06. The highest BCUT2D eigenvalue weighted by Gasteiger charge is 2.30. The highest BCUT2D eigenvalue weighted by molar-refractivity contribution is 5.88. The first-order chi connectivity index (χ1) is 16.0. The Hall–Kier alpha value is -3.35. The number of hydrogen-bond acceptors (Lipinski definition) is 4. The molecule has 1 fully saturated rings. The summed E-state index contributed by atoms with van der Waals surface area (Å²) >= 11 is 0. The summed E-state index contributed by atoms with van der Waals surface area (Å²) in [4.78, 5) is 36.2. The van der Waals surface area contributed by atoms with Crippen molar-refractivity contribution in [3.8, 4) is 11.1 Å². The molecule has 1 unspecified atom stereocenters. The fourth-order valence-corrected chi connectivity index (χ4v) is 5.06. The van der Waals surface area contributed by atoms with E-state index in [1.54, 1.807) is 0 Å². The fraction of sp³-hybridized carbons (Fsp3) is 0.423. The summed E-state index contributed by atoms with van der Waals surface area (Å²) in [5.74, 6) is -1.36. The van der Waals surface area contributed by atoms with Crippen molar-refractivity contribution in [3.63, 3.8) is 0 Å². The van der Waals surface area contributed by atoms with E-state index in [1.165, 1.54) is 6.42 Å². The van der Waals surface area contributed by atoms with Gasteiger partial charge in [-0.15, -0.1) is 0 Å². The molecule has 1 atom stereocenters. The van der Waals surface area contributed by atoms with Crippen LogP contribution in [0.25, 0.3) is 11.1 Å². The predicted molar refractivity (Wildman–Crippen MR) is 124 cm³/mol. The number of fused-ring (bicyclic) bond motifs is 3. The van der Waals surface area contributed by atoms with Crippen LogP contribution < -0.4 is 10.6 Å². The smallest absolute Gasteiger partial charge is 0.407 e. The minimum atomic E-state index is -1.12. The molecule has 0 aliphatic heterocycles. The quantitative estimate of drug-likeness (QED) is 0.562. The third-order valence-corrected chi connectivity index (χ3v) is 6.66. The summed E-state index contributed by atoms with van der Waals surface area (Å²) < 4.78 is 5.59. The molecule has 0 heterocycles. The molecule has 7 nitrogen and oxygen atoms in total. The Bertz CT molecular complexity index is 970. The summed E-state index contributed by atoms with van der Waals surface area (Å²) in [6.07, 6.45) is 5.24. The van der Waals surface area contributed by atoms with Gasteiger partial charge in [0.1, 0.15) is 19.2 Å². The van der Waals surface area contributed by atoms with E-state index in [-0.39, 0.29) is 12.5 Å². The average molecular weight is 451 g/mol. The normalized spacial score (nSPS) is 16.4. The second-order valence-electron chi connectivity index (χ2n) is 8.87. The van der Waals surface area contributed by atoms with Crippen molar-refractivity contribution in [3.05, 3.63) is 59.7 Å². The van der Waals surface area contributed by atoms with Crippen LogP contribution in [0.4, 0.5) is 4.79 Å². The first-order valence-corrected chi connectivity index (χ1v) is 11.6. The molecule has 0 spiro atoms. The van der Waals surface area contributed by atoms with Crippen molar-refractivity contribution in [2.24, 2.45) is 5.92 Å². The lowest BCUT2D eigenvalue weighted by Gasteiger charge is -2.26. The number of alkyl carbamates (subject to hydrolysis) is 1. The Morgan fingerprint density at radius 3 is 2.15 bits per heavy atom. The van der Waals surface area contributed by atoms with E-state index in [9.17, 15) is 14.4 Å². The van der Waals surface area contributed by atoms with Crippen LogP contribution in [0.15, 0.2) is 48.5 Å². The molecule has 0 bridgehead atoms. The van der Waals surface area contributed by atoms with Crippen LogP contribution in [-0.2, 0) is 14.3 Å². The van der Waals surface area contributed by atoms with E-state index >= 15 is 0 Å². The average Bonchev–Trinajstić information content (AvgIpc) is 3.15. The van der Waals surface area contributed by atoms with Gasteiger partial charge in [-0.1, -0.05) is 80.6 Å². The summed E-state index contributed by atoms with van der Waals surface area (Å²) in [5, 5.41) is 14.0. The van der Waals surface area contributed by atoms with Crippen LogP contribution in [-0.4, -0.2) is 42.3 Å². The van der Waals surface area contributed by atoms with Gasteiger partial charge in [0.15, 0.2) is 0 Å². The second kappa shape index (κ2) is 10.5. The number of rotatable bonds is 8. The maximum atomic E-state index is 12.7. The van der Waals surface area contributed by atoms with E-state index in [2.05, 4.69) is 22.8 Å². The molecule has 2 aromatic carbocycles. The van der Waals surface area contributed by atoms with Crippen LogP contribution in [0.2, 0.25) is 0 Å². The number of carbonyl (C=O) groups excluding carboxylic acids is 2. The lowest BCUT2D eigenvalue weighted by molar-refractivity contribution is -0.138. The minimum absolute atomic E-state index is 0.0687. The topological polar surface area (TPSA) is 105 Å². The van der Waals surface area contributed by atoms with E-state index in [1.807, 2.05) is 36.4 Å². The number of carboxylic acid groups (broad SMARTS) is 1. The number of carboxylic acids is 1. The number of nitrogens with one attached hydrogen (secondary N) is 2. The third kappa shape index (κ3) is 5.53. The van der Waals surface area contributed by atoms with Gasteiger partial charge in [-0.2, -0.15) is 0 Å². The molecule has 2 aliphatic rings. The zero-order chi connectivity index (χ0) is 23.2. The number of aliphatic carboxylic acids is 1. The summed E-state index contributed by atoms with van der Waals surface area (Å²) in [5.41, 5.74) is 4.52. The Kier molecular flexibility index (Phi) is 7.27. The highest BCUT2D eigenvalue weighted by Crippen LogP contribution is 2.44. The van der Waals surface area contributed by atoms with Crippen molar-refractivity contribution < 1.29 is 24.2 Å². The molecule has 174 valence electrons. The van der Waals surface area contributed by atoms with Gasteiger partial charge in [0.2, 0.25) is 5.91 Å². The molecular formula is C26H30N2O5. The van der Waals surface area contributed by atoms with Crippen molar-refractivity contribution in [2.45, 2.75) is 50.5 Å². The van der Waals surface area contributed by atoms with E-state index < -0.39 is 30.6 Å². The molecule has 0 aromatic heterocycles. The van der Waals surface area contributed by atoms with E-state index in [0.717, 1.165) is 47.9 Å². The molecule has 4 rings (SSSR count). The molecule has 2 aliphatic carbocycles. The molecule has 7 heteroatoms. The lowest BCUT2D eigenvalue weighted by atomic mass is 9.84. The minimum Gasteiger partial charge on any atom is -0.480 e. The van der Waals surface area contributed by atoms with E-state index in [0.29, 0.717) is 12.3 Å². The summed E-state index contributed by atoms with van der Waals surface area (Å²) in [7, 11) is 0. The first kappa shape index (κ1) is 22.8. The lowest BCUT2D eigenvalue weighted by Crippen LogP contribution is -2.49. The third-order valence-electron chi connectivity index (χ3n) is 6.66. The van der Waals surface area contributed by atoms with Crippen molar-refractivity contribution in [2.75, 3.05) is 13.2 Å². The largest absolute Gasteiger partial charge is 0.480 e. The van der Waals surface area contributed by atoms with Gasteiger partial charge in [-0.05, 0) is 34.6 Å². The Labute approximate surface area is 193 Å². The maximum Gasteiger partial charge on any atom is 0.407 e. The van der Waals surface area contributed by atoms with Gasteiger partial charge in [-0.25, -0.2) is 4.79 Å². The van der Waals surface area contributed by atoms with Gasteiger partial charge in [0, 0.05) is 5.92 Å². The Morgan fingerprint density at radius 2 is 1.55 bits per heavy atom. The summed E-state index contributed by atoms with van der Waals surface area (Å²) in [6, 6.07) is 15.4. The Balaban J connectivity index is 1.40. The van der Waals surface area contributed by atoms with Crippen molar-refractivity contribution >= 4 is 18.0 Å². The Morgan fingerprint density at radius 1 is 0.939 bits per heavy atom. The molecule has 2 amide bonds. The first-order valence-electron chi connectivity index (χ1n) is 11.6. The second-order valence-corrected chi connectivity index (χ2v) is 8.87. The molecule has 2 aromatic rings. The standard InChI is InChI=1S/C26H30N2O5/c29-24(30)15-27-25(31)23(14-17-8-2-1-3-9-17)28-26(32)33-16-22-20-12-6-4-10-18(20)19-11-5-7-13-21(19)22/h4-7,10-13,17,22-23H,1-3,8-9,14-16H2,(H,27,31)(H,28,32)(H,29,30). The van der Waals surface area contributed by atoms with Gasteiger partial charge in [0.05, 0.1) is 0 Å². The maximum absolute atomic E-state index is 12.7. The van der Waals surface area contributed by atoms with Crippen LogP contribution in [0.3, 0.4) is 0 Å². The zero-order valence-corrected chi connectivity index (χ0v) is 18.6. The van der Waals surface area contributed by atoms with Crippen LogP contribution in [0.5, 0.6) is 0 Å². The molecule has 0 radical (unpaired) electrons. The molecule has 3 N–H and O–H groups in total. The summed E-state index contributed by atoms with van der Waals surface area (Å²) in [6.45, 7) is -0.320. The van der Waals surface area contributed by atoms with E-state index in [4.69, 9.17) is 9.84 Å².